The van der Waals surface area contributed by atoms with Gasteiger partial charge in [-0.25, -0.2) is 9.37 Å². The van der Waals surface area contributed by atoms with Crippen LogP contribution in [0, 0.1) is 19.7 Å². The van der Waals surface area contributed by atoms with E-state index in [1.165, 1.54) is 34.8 Å². The predicted octanol–water partition coefficient (Wildman–Crippen LogP) is 4.83. The highest BCUT2D eigenvalue weighted by molar-refractivity contribution is 7.99. The molecule has 4 aromatic rings. The van der Waals surface area contributed by atoms with Crippen LogP contribution in [0.4, 0.5) is 4.39 Å². The first kappa shape index (κ1) is 22.1. The summed E-state index contributed by atoms with van der Waals surface area (Å²) < 4.78 is 15.3. The zero-order valence-corrected chi connectivity index (χ0v) is 20.5. The maximum atomic E-state index is 13.5. The molecule has 1 aliphatic rings. The Morgan fingerprint density at radius 1 is 1.24 bits per heavy atom. The molecule has 1 saturated heterocycles. The summed E-state index contributed by atoms with van der Waals surface area (Å²) in [5.41, 5.74) is 2.76. The summed E-state index contributed by atoms with van der Waals surface area (Å²) in [6, 6.07) is 5.98. The first-order chi connectivity index (χ1) is 15.9. The number of nitrogens with zero attached hydrogens (tertiary/aromatic N) is 3. The molecule has 4 heterocycles. The van der Waals surface area contributed by atoms with E-state index in [2.05, 4.69) is 10.3 Å². The van der Waals surface area contributed by atoms with Crippen LogP contribution in [0.25, 0.3) is 15.3 Å². The molecule has 1 atom stereocenters. The zero-order chi connectivity index (χ0) is 23.1. The number of aryl methyl sites for hydroxylation is 2. The number of benzene rings is 1. The molecule has 0 saturated carbocycles. The highest BCUT2D eigenvalue weighted by Crippen LogP contribution is 2.33. The lowest BCUT2D eigenvalue weighted by Gasteiger charge is -2.24. The second-order valence-corrected chi connectivity index (χ2v) is 11.0. The summed E-state index contributed by atoms with van der Waals surface area (Å²) in [6.45, 7) is 4.16. The summed E-state index contributed by atoms with van der Waals surface area (Å²) in [7, 11) is 0. The van der Waals surface area contributed by atoms with E-state index in [0.717, 1.165) is 31.6 Å². The van der Waals surface area contributed by atoms with Crippen LogP contribution in [0.15, 0.2) is 42.0 Å². The van der Waals surface area contributed by atoms with Crippen LogP contribution in [-0.4, -0.2) is 50.3 Å². The van der Waals surface area contributed by atoms with E-state index < -0.39 is 0 Å². The Morgan fingerprint density at radius 2 is 2.03 bits per heavy atom. The highest BCUT2D eigenvalue weighted by atomic mass is 32.2. The number of aromatic nitrogens is 2. The van der Waals surface area contributed by atoms with Crippen LogP contribution >= 0.6 is 34.4 Å². The molecule has 0 aliphatic carbocycles. The van der Waals surface area contributed by atoms with Crippen molar-refractivity contribution in [2.24, 2.45) is 0 Å². The second-order valence-electron chi connectivity index (χ2n) is 7.86. The number of hydrogen-bond acceptors (Lipinski definition) is 6. The summed E-state index contributed by atoms with van der Waals surface area (Å²) in [5.74, 6) is 0.670. The molecule has 1 aromatic carbocycles. The lowest BCUT2D eigenvalue weighted by atomic mass is 10.1. The van der Waals surface area contributed by atoms with Gasteiger partial charge in [0.15, 0.2) is 0 Å². The quantitative estimate of drug-likeness (QED) is 0.427. The van der Waals surface area contributed by atoms with E-state index in [1.54, 1.807) is 28.8 Å². The van der Waals surface area contributed by atoms with Gasteiger partial charge in [0.1, 0.15) is 16.3 Å². The van der Waals surface area contributed by atoms with Crippen LogP contribution in [-0.2, 0) is 0 Å². The number of fused-ring (bicyclic) bond motifs is 1. The van der Waals surface area contributed by atoms with Gasteiger partial charge in [0.05, 0.1) is 27.4 Å². The highest BCUT2D eigenvalue weighted by Gasteiger charge is 2.33. The van der Waals surface area contributed by atoms with Gasteiger partial charge in [-0.2, -0.15) is 0 Å². The van der Waals surface area contributed by atoms with Crippen molar-refractivity contribution in [3.8, 4) is 10.4 Å². The Bertz CT molecular complexity index is 1340. The molecule has 0 spiro atoms. The molecule has 0 radical (unpaired) electrons. The van der Waals surface area contributed by atoms with Gasteiger partial charge in [-0.05, 0) is 37.1 Å². The molecule has 33 heavy (non-hydrogen) atoms. The molecule has 0 unspecified atom stereocenters. The van der Waals surface area contributed by atoms with Crippen LogP contribution in [0.1, 0.15) is 31.4 Å². The largest absolute Gasteiger partial charge is 0.350 e. The number of thioether (sulfide) groups is 1. The van der Waals surface area contributed by atoms with Gasteiger partial charge < -0.3 is 14.6 Å². The molecule has 6 nitrogen and oxygen atoms in total. The molecular formula is C23H21FN4O2S3. The fourth-order valence-corrected chi connectivity index (χ4v) is 7.02. The topological polar surface area (TPSA) is 66.7 Å². The standard InChI is InChI=1S/C23H21FN4O2S3/c1-13-10-27-7-8-32-23(27)18(13)21(29)25-9-17-11-31-12-28(17)22(30)19-20(33-14(2)26-19)15-3-5-16(24)6-4-15/h3-8,10,17H,9,11-12H2,1-2H3,(H,25,29)/t17-/m1/s1. The van der Waals surface area contributed by atoms with E-state index >= 15 is 0 Å². The lowest BCUT2D eigenvalue weighted by Crippen LogP contribution is -2.44. The monoisotopic (exact) mass is 500 g/mol. The number of hydrogen-bond donors (Lipinski definition) is 1. The molecule has 5 rings (SSSR count). The Hall–Kier alpha value is -2.69. The molecule has 10 heteroatoms. The van der Waals surface area contributed by atoms with Crippen molar-refractivity contribution in [3.63, 3.8) is 0 Å². The number of nitrogens with one attached hydrogen (secondary N) is 1. The van der Waals surface area contributed by atoms with Gasteiger partial charge in [-0.15, -0.1) is 34.4 Å². The summed E-state index contributed by atoms with van der Waals surface area (Å²) in [6.07, 6.45) is 3.88. The smallest absolute Gasteiger partial charge is 0.275 e. The van der Waals surface area contributed by atoms with Crippen molar-refractivity contribution >= 4 is 51.1 Å². The van der Waals surface area contributed by atoms with Gasteiger partial charge in [-0.1, -0.05) is 12.1 Å². The predicted molar refractivity (Wildman–Crippen MR) is 132 cm³/mol. The minimum atomic E-state index is -0.321. The second kappa shape index (κ2) is 8.92. The Labute approximate surface area is 202 Å². The molecule has 1 fully saturated rings. The fraction of sp³-hybridized carbons (Fsp3) is 0.261. The average Bonchev–Trinajstić information content (AvgIpc) is 3.56. The fourth-order valence-electron chi connectivity index (χ4n) is 3.98. The van der Waals surface area contributed by atoms with E-state index in [4.69, 9.17) is 0 Å². The van der Waals surface area contributed by atoms with Gasteiger partial charge in [-0.3, -0.25) is 9.59 Å². The Balaban J connectivity index is 1.33. The molecule has 3 aromatic heterocycles. The third kappa shape index (κ3) is 4.18. The average molecular weight is 501 g/mol. The Kier molecular flexibility index (Phi) is 5.98. The number of carbonyl (C=O) groups excluding carboxylic acids is 2. The maximum Gasteiger partial charge on any atom is 0.275 e. The molecule has 1 aliphatic heterocycles. The van der Waals surface area contributed by atoms with Gasteiger partial charge in [0.25, 0.3) is 11.8 Å². The number of rotatable bonds is 5. The van der Waals surface area contributed by atoms with Crippen LogP contribution in [0.2, 0.25) is 0 Å². The van der Waals surface area contributed by atoms with Crippen molar-refractivity contribution in [2.45, 2.75) is 19.9 Å². The van der Waals surface area contributed by atoms with Gasteiger partial charge >= 0.3 is 0 Å². The Morgan fingerprint density at radius 3 is 2.82 bits per heavy atom. The van der Waals surface area contributed by atoms with Crippen LogP contribution in [0.5, 0.6) is 0 Å². The lowest BCUT2D eigenvalue weighted by molar-refractivity contribution is 0.0732. The van der Waals surface area contributed by atoms with Crippen molar-refractivity contribution in [2.75, 3.05) is 18.2 Å². The molecule has 1 N–H and O–H groups in total. The van der Waals surface area contributed by atoms with Gasteiger partial charge in [0.2, 0.25) is 0 Å². The van der Waals surface area contributed by atoms with Gasteiger partial charge in [0, 0.05) is 30.1 Å². The SMILES string of the molecule is Cc1nc(C(=O)N2CSC[C@H]2CNC(=O)c2c(C)cn3ccsc23)c(-c2ccc(F)cc2)s1. The molecular weight excluding hydrogens is 479 g/mol. The zero-order valence-electron chi connectivity index (χ0n) is 18.0. The first-order valence-electron chi connectivity index (χ1n) is 10.4. The number of thiazole rings is 2. The molecule has 0 bridgehead atoms. The third-order valence-corrected chi connectivity index (χ3v) is 8.58. The van der Waals surface area contributed by atoms with E-state index in [1.807, 2.05) is 36.0 Å². The summed E-state index contributed by atoms with van der Waals surface area (Å²) in [4.78, 5) is 34.3. The van der Waals surface area contributed by atoms with Crippen molar-refractivity contribution < 1.29 is 14.0 Å². The minimum Gasteiger partial charge on any atom is -0.350 e. The summed E-state index contributed by atoms with van der Waals surface area (Å²) in [5, 5.41) is 5.76. The van der Waals surface area contributed by atoms with Crippen molar-refractivity contribution in [3.05, 3.63) is 69.7 Å². The van der Waals surface area contributed by atoms with Crippen LogP contribution < -0.4 is 5.32 Å². The summed E-state index contributed by atoms with van der Waals surface area (Å²) >= 11 is 4.61. The number of carbonyl (C=O) groups is 2. The normalized spacial score (nSPS) is 16.0. The number of halogens is 1. The molecule has 2 amide bonds. The minimum absolute atomic E-state index is 0.127. The van der Waals surface area contributed by atoms with E-state index in [0.29, 0.717) is 23.7 Å². The van der Waals surface area contributed by atoms with E-state index in [-0.39, 0.29) is 23.7 Å². The van der Waals surface area contributed by atoms with Crippen LogP contribution in [0.3, 0.4) is 0 Å². The maximum absolute atomic E-state index is 13.5. The van der Waals surface area contributed by atoms with Crippen molar-refractivity contribution in [1.82, 2.24) is 19.6 Å². The third-order valence-electron chi connectivity index (χ3n) is 5.59. The van der Waals surface area contributed by atoms with E-state index in [9.17, 15) is 14.0 Å². The number of amides is 2. The first-order valence-corrected chi connectivity index (χ1v) is 13.2. The molecule has 170 valence electrons. The van der Waals surface area contributed by atoms with Crippen molar-refractivity contribution in [1.29, 1.82) is 0 Å².